The first kappa shape index (κ1) is 20.5. The van der Waals surface area contributed by atoms with Gasteiger partial charge in [0, 0.05) is 23.4 Å². The Balaban J connectivity index is 1.84. The van der Waals surface area contributed by atoms with Crippen LogP contribution in [0.15, 0.2) is 18.3 Å². The highest BCUT2D eigenvalue weighted by molar-refractivity contribution is 7.17. The van der Waals surface area contributed by atoms with Gasteiger partial charge in [0.2, 0.25) is 6.54 Å². The molecular weight excluding hydrogens is 372 g/mol. The van der Waals surface area contributed by atoms with E-state index in [1.165, 1.54) is 21.8 Å². The van der Waals surface area contributed by atoms with Gasteiger partial charge in [-0.25, -0.2) is 4.79 Å². The molecule has 0 unspecified atom stereocenters. The number of amides is 1. The second-order valence-electron chi connectivity index (χ2n) is 7.58. The molecule has 2 heterocycles. The molecule has 0 bridgehead atoms. The average Bonchev–Trinajstić information content (AvgIpc) is 3.00. The smallest absolute Gasteiger partial charge is 0.341 e. The number of nitrogens with zero attached hydrogens (tertiary/aromatic N) is 1. The lowest BCUT2D eigenvalue weighted by Crippen LogP contribution is -2.43. The van der Waals surface area contributed by atoms with E-state index in [2.05, 4.69) is 18.3 Å². The van der Waals surface area contributed by atoms with Crippen molar-refractivity contribution < 1.29 is 18.9 Å². The molecular formula is C22H29N2O3S+. The quantitative estimate of drug-likeness (QED) is 0.588. The van der Waals surface area contributed by atoms with Crippen molar-refractivity contribution in [3.8, 4) is 0 Å². The second-order valence-corrected chi connectivity index (χ2v) is 8.68. The molecule has 2 aromatic heterocycles. The van der Waals surface area contributed by atoms with Crippen LogP contribution in [0.5, 0.6) is 0 Å². The molecule has 28 heavy (non-hydrogen) atoms. The van der Waals surface area contributed by atoms with Crippen LogP contribution in [0, 0.1) is 6.92 Å². The van der Waals surface area contributed by atoms with Crippen LogP contribution >= 0.6 is 11.3 Å². The van der Waals surface area contributed by atoms with Crippen LogP contribution in [0.25, 0.3) is 0 Å². The van der Waals surface area contributed by atoms with Gasteiger partial charge in [-0.3, -0.25) is 4.79 Å². The summed E-state index contributed by atoms with van der Waals surface area (Å²) < 4.78 is 7.41. The molecule has 1 N–H and O–H groups in total. The maximum Gasteiger partial charge on any atom is 0.341 e. The van der Waals surface area contributed by atoms with E-state index < -0.39 is 0 Å². The van der Waals surface area contributed by atoms with Crippen molar-refractivity contribution in [1.29, 1.82) is 0 Å². The van der Waals surface area contributed by atoms with Crippen molar-refractivity contribution >= 4 is 28.2 Å². The Kier molecular flexibility index (Phi) is 6.50. The van der Waals surface area contributed by atoms with Crippen LogP contribution in [0.4, 0.5) is 5.00 Å². The van der Waals surface area contributed by atoms with E-state index >= 15 is 0 Å². The molecule has 0 spiro atoms. The highest BCUT2D eigenvalue weighted by atomic mass is 32.1. The summed E-state index contributed by atoms with van der Waals surface area (Å²) >= 11 is 1.53. The van der Waals surface area contributed by atoms with Crippen molar-refractivity contribution in [2.24, 2.45) is 0 Å². The topological polar surface area (TPSA) is 59.3 Å². The van der Waals surface area contributed by atoms with Gasteiger partial charge in [0.25, 0.3) is 5.91 Å². The van der Waals surface area contributed by atoms with Crippen LogP contribution in [-0.2, 0) is 35.3 Å². The fourth-order valence-corrected chi connectivity index (χ4v) is 4.81. The molecule has 2 aromatic rings. The van der Waals surface area contributed by atoms with Gasteiger partial charge in [-0.05, 0) is 57.6 Å². The lowest BCUT2D eigenvalue weighted by molar-refractivity contribution is -0.690. The summed E-state index contributed by atoms with van der Waals surface area (Å²) in [5.74, 6) is -0.458. The minimum Gasteiger partial charge on any atom is -0.459 e. The molecule has 1 aliphatic rings. The number of hydrogen-bond acceptors (Lipinski definition) is 4. The Bertz CT molecular complexity index is 886. The Morgan fingerprint density at radius 3 is 2.71 bits per heavy atom. The molecule has 0 atom stereocenters. The first-order valence-corrected chi connectivity index (χ1v) is 10.8. The van der Waals surface area contributed by atoms with Gasteiger partial charge in [0.05, 0.1) is 11.7 Å². The molecule has 6 heteroatoms. The summed E-state index contributed by atoms with van der Waals surface area (Å²) in [7, 11) is 0. The molecule has 0 saturated heterocycles. The lowest BCUT2D eigenvalue weighted by Gasteiger charge is -2.14. The number of fused-ring (bicyclic) bond motifs is 1. The fraction of sp³-hybridized carbons (Fsp3) is 0.500. The molecule has 3 rings (SSSR count). The van der Waals surface area contributed by atoms with E-state index in [-0.39, 0.29) is 24.5 Å². The first-order chi connectivity index (χ1) is 13.4. The molecule has 5 nitrogen and oxygen atoms in total. The number of nitrogens with one attached hydrogen (secondary N) is 1. The van der Waals surface area contributed by atoms with Crippen LogP contribution in [0.1, 0.15) is 65.7 Å². The Morgan fingerprint density at radius 1 is 1.25 bits per heavy atom. The van der Waals surface area contributed by atoms with Gasteiger partial charge in [-0.15, -0.1) is 11.3 Å². The van der Waals surface area contributed by atoms with Crippen LogP contribution in [-0.4, -0.2) is 18.0 Å². The number of ether oxygens (including phenoxy) is 1. The zero-order chi connectivity index (χ0) is 20.3. The maximum absolute atomic E-state index is 12.8. The van der Waals surface area contributed by atoms with Crippen LogP contribution in [0.3, 0.4) is 0 Å². The summed E-state index contributed by atoms with van der Waals surface area (Å²) in [6.07, 6.45) is 6.77. The molecule has 1 amide bonds. The van der Waals surface area contributed by atoms with Gasteiger partial charge >= 0.3 is 5.97 Å². The highest BCUT2D eigenvalue weighted by Crippen LogP contribution is 2.38. The third-order valence-electron chi connectivity index (χ3n) is 5.01. The van der Waals surface area contributed by atoms with Crippen molar-refractivity contribution in [2.45, 2.75) is 72.4 Å². The van der Waals surface area contributed by atoms with E-state index in [1.807, 2.05) is 37.6 Å². The maximum atomic E-state index is 12.8. The lowest BCUT2D eigenvalue weighted by atomic mass is 9.95. The predicted molar refractivity (Wildman–Crippen MR) is 111 cm³/mol. The summed E-state index contributed by atoms with van der Waals surface area (Å²) in [4.78, 5) is 26.7. The number of aryl methyl sites for hydroxylation is 3. The highest BCUT2D eigenvalue weighted by Gasteiger charge is 2.28. The van der Waals surface area contributed by atoms with Gasteiger partial charge in [0.1, 0.15) is 5.00 Å². The number of esters is 1. The number of thiophene rings is 1. The summed E-state index contributed by atoms with van der Waals surface area (Å²) in [5, 5.41) is 3.62. The third-order valence-corrected chi connectivity index (χ3v) is 6.21. The van der Waals surface area contributed by atoms with Gasteiger partial charge < -0.3 is 10.1 Å². The van der Waals surface area contributed by atoms with E-state index in [1.54, 1.807) is 0 Å². The van der Waals surface area contributed by atoms with E-state index in [9.17, 15) is 9.59 Å². The fourth-order valence-electron chi connectivity index (χ4n) is 3.51. The number of carbonyl (C=O) groups is 2. The molecule has 0 saturated carbocycles. The van der Waals surface area contributed by atoms with Crippen LogP contribution in [0.2, 0.25) is 0 Å². The molecule has 150 valence electrons. The van der Waals surface area contributed by atoms with Crippen LogP contribution < -0.4 is 9.88 Å². The molecule has 0 fully saturated rings. The Morgan fingerprint density at radius 2 is 2.00 bits per heavy atom. The van der Waals surface area contributed by atoms with Gasteiger partial charge in [-0.2, -0.15) is 4.57 Å². The summed E-state index contributed by atoms with van der Waals surface area (Å²) in [6.45, 7) is 7.99. The average molecular weight is 402 g/mol. The Hall–Kier alpha value is -2.21. The summed E-state index contributed by atoms with van der Waals surface area (Å²) in [5.41, 5.74) is 3.84. The van der Waals surface area contributed by atoms with Crippen molar-refractivity contribution in [2.75, 3.05) is 5.32 Å². The predicted octanol–water partition coefficient (Wildman–Crippen LogP) is 3.99. The SMILES string of the molecule is CCc1ccc(C)[n+](CC(=O)Nc2sc3c(c2C(=O)OC(C)C)CCCC3)c1. The number of hydrogen-bond donors (Lipinski definition) is 1. The summed E-state index contributed by atoms with van der Waals surface area (Å²) in [6, 6.07) is 4.11. The standard InChI is InChI=1S/C22H28N2O3S/c1-5-16-11-10-15(4)24(12-16)13-19(25)23-21-20(22(26)27-14(2)3)17-8-6-7-9-18(17)28-21/h10-12,14H,5-9,13H2,1-4H3/p+1. The second kappa shape index (κ2) is 8.86. The number of rotatable bonds is 6. The monoisotopic (exact) mass is 401 g/mol. The largest absolute Gasteiger partial charge is 0.459 e. The van der Waals surface area contributed by atoms with E-state index in [0.717, 1.165) is 43.4 Å². The Labute approximate surface area is 170 Å². The molecule has 1 aliphatic carbocycles. The zero-order valence-electron chi connectivity index (χ0n) is 17.1. The molecule has 0 radical (unpaired) electrons. The van der Waals surface area contributed by atoms with Gasteiger partial charge in [-0.1, -0.05) is 6.92 Å². The van der Waals surface area contributed by atoms with Crippen molar-refractivity contribution in [1.82, 2.24) is 0 Å². The number of aromatic nitrogens is 1. The third kappa shape index (κ3) is 4.61. The van der Waals surface area contributed by atoms with Gasteiger partial charge in [0.15, 0.2) is 11.9 Å². The minimum absolute atomic E-state index is 0.126. The molecule has 0 aliphatic heterocycles. The molecule has 0 aromatic carbocycles. The normalized spacial score (nSPS) is 13.3. The number of anilines is 1. The number of pyridine rings is 1. The van der Waals surface area contributed by atoms with E-state index in [0.29, 0.717) is 10.6 Å². The van der Waals surface area contributed by atoms with Crippen molar-refractivity contribution in [3.63, 3.8) is 0 Å². The number of carbonyl (C=O) groups excluding carboxylic acids is 2. The van der Waals surface area contributed by atoms with E-state index in [4.69, 9.17) is 4.74 Å². The minimum atomic E-state index is -0.332. The zero-order valence-corrected chi connectivity index (χ0v) is 17.9. The van der Waals surface area contributed by atoms with Crippen molar-refractivity contribution in [3.05, 3.63) is 45.6 Å². The first-order valence-electron chi connectivity index (χ1n) is 10.0.